The quantitative estimate of drug-likeness (QED) is 0.299. The molecule has 1 aliphatic rings. The zero-order chi connectivity index (χ0) is 23.2. The van der Waals surface area contributed by atoms with E-state index in [1.54, 1.807) is 6.07 Å². The largest absolute Gasteiger partial charge is 0.488 e. The minimum atomic E-state index is -1.00. The standard InChI is InChI=1S/C29H23NO4/c1-17-26(21-9-5-6-10-24(21)34-17)23-15-22(29(31)32)27-25(33-16-18-7-3-2-4-8-18)14-13-20(19-11-12-19)28(27)30-23/h2-10,13-15,19H,11-12,16H2,1H3,(H,31,32). The zero-order valence-corrected chi connectivity index (χ0v) is 18.7. The monoisotopic (exact) mass is 449 g/mol. The van der Waals surface area contributed by atoms with E-state index in [1.807, 2.05) is 73.7 Å². The average Bonchev–Trinajstić information content (AvgIpc) is 3.63. The molecule has 1 aliphatic carbocycles. The van der Waals surface area contributed by atoms with Gasteiger partial charge in [0.05, 0.1) is 22.2 Å². The van der Waals surface area contributed by atoms with Crippen LogP contribution in [0.5, 0.6) is 5.75 Å². The molecule has 1 fully saturated rings. The number of pyridine rings is 1. The molecule has 2 aromatic heterocycles. The third-order valence-corrected chi connectivity index (χ3v) is 6.47. The number of fused-ring (bicyclic) bond motifs is 2. The van der Waals surface area contributed by atoms with Gasteiger partial charge in [-0.15, -0.1) is 0 Å². The van der Waals surface area contributed by atoms with Crippen LogP contribution in [0.3, 0.4) is 0 Å². The molecule has 0 unspecified atom stereocenters. The van der Waals surface area contributed by atoms with E-state index in [9.17, 15) is 9.90 Å². The number of benzene rings is 3. The Kier molecular flexibility index (Phi) is 4.84. The normalized spacial score (nSPS) is 13.4. The van der Waals surface area contributed by atoms with E-state index >= 15 is 0 Å². The summed E-state index contributed by atoms with van der Waals surface area (Å²) in [4.78, 5) is 17.5. The minimum Gasteiger partial charge on any atom is -0.488 e. The van der Waals surface area contributed by atoms with Crippen molar-refractivity contribution in [2.24, 2.45) is 0 Å². The summed E-state index contributed by atoms with van der Waals surface area (Å²) in [5.74, 6) is 0.649. The van der Waals surface area contributed by atoms with Gasteiger partial charge in [-0.3, -0.25) is 0 Å². The highest BCUT2D eigenvalue weighted by Gasteiger charge is 2.29. The van der Waals surface area contributed by atoms with E-state index in [0.29, 0.717) is 40.6 Å². The van der Waals surface area contributed by atoms with Crippen molar-refractivity contribution in [3.63, 3.8) is 0 Å². The van der Waals surface area contributed by atoms with Crippen LogP contribution in [0.4, 0.5) is 0 Å². The number of ether oxygens (including phenoxy) is 1. The number of furan rings is 1. The maximum atomic E-state index is 12.5. The molecular formula is C29H23NO4. The first kappa shape index (κ1) is 20.5. The molecule has 5 heteroatoms. The molecule has 168 valence electrons. The van der Waals surface area contributed by atoms with Gasteiger partial charge in [0.15, 0.2) is 0 Å². The molecule has 1 saturated carbocycles. The number of rotatable bonds is 6. The van der Waals surface area contributed by atoms with Crippen molar-refractivity contribution >= 4 is 27.8 Å². The molecule has 0 atom stereocenters. The number of carboxylic acid groups (broad SMARTS) is 1. The molecule has 0 aliphatic heterocycles. The predicted molar refractivity (Wildman–Crippen MR) is 131 cm³/mol. The molecule has 1 N–H and O–H groups in total. The Morgan fingerprint density at radius 2 is 1.82 bits per heavy atom. The summed E-state index contributed by atoms with van der Waals surface area (Å²) < 4.78 is 12.1. The Morgan fingerprint density at radius 1 is 1.06 bits per heavy atom. The highest BCUT2D eigenvalue weighted by Crippen LogP contribution is 2.46. The fraction of sp³-hybridized carbons (Fsp3) is 0.172. The van der Waals surface area contributed by atoms with E-state index in [4.69, 9.17) is 14.1 Å². The molecule has 0 amide bonds. The Bertz CT molecular complexity index is 1550. The average molecular weight is 450 g/mol. The smallest absolute Gasteiger partial charge is 0.336 e. The molecule has 5 aromatic rings. The number of hydrogen-bond donors (Lipinski definition) is 1. The number of hydrogen-bond acceptors (Lipinski definition) is 4. The van der Waals surface area contributed by atoms with E-state index < -0.39 is 5.97 Å². The van der Waals surface area contributed by atoms with Gasteiger partial charge < -0.3 is 14.3 Å². The zero-order valence-electron chi connectivity index (χ0n) is 18.7. The van der Waals surface area contributed by atoms with Crippen LogP contribution in [0.2, 0.25) is 0 Å². The summed E-state index contributed by atoms with van der Waals surface area (Å²) in [5.41, 5.74) is 5.19. The number of carboxylic acids is 1. The molecule has 34 heavy (non-hydrogen) atoms. The van der Waals surface area contributed by atoms with Gasteiger partial charge in [0.2, 0.25) is 0 Å². The van der Waals surface area contributed by atoms with Crippen LogP contribution in [0.15, 0.2) is 77.2 Å². The van der Waals surface area contributed by atoms with E-state index in [1.165, 1.54) is 0 Å². The number of carbonyl (C=O) groups is 1. The fourth-order valence-electron chi connectivity index (χ4n) is 4.69. The second-order valence-corrected chi connectivity index (χ2v) is 8.81. The predicted octanol–water partition coefficient (Wildman–Crippen LogP) is 7.11. The van der Waals surface area contributed by atoms with Crippen molar-refractivity contribution in [3.05, 3.63) is 95.2 Å². The summed E-state index contributed by atoms with van der Waals surface area (Å²) in [6.45, 7) is 2.24. The molecule has 3 aromatic carbocycles. The molecular weight excluding hydrogens is 426 g/mol. The van der Waals surface area contributed by atoms with Crippen LogP contribution in [0.25, 0.3) is 33.1 Å². The van der Waals surface area contributed by atoms with E-state index in [-0.39, 0.29) is 5.56 Å². The van der Waals surface area contributed by atoms with Gasteiger partial charge in [0.1, 0.15) is 23.7 Å². The lowest BCUT2D eigenvalue weighted by atomic mass is 9.98. The van der Waals surface area contributed by atoms with Gasteiger partial charge in [-0.25, -0.2) is 9.78 Å². The van der Waals surface area contributed by atoms with E-state index in [0.717, 1.165) is 40.5 Å². The van der Waals surface area contributed by atoms with Crippen molar-refractivity contribution in [1.82, 2.24) is 4.98 Å². The lowest BCUT2D eigenvalue weighted by Crippen LogP contribution is -2.05. The van der Waals surface area contributed by atoms with Crippen LogP contribution in [-0.4, -0.2) is 16.1 Å². The van der Waals surface area contributed by atoms with Gasteiger partial charge in [0, 0.05) is 10.9 Å². The number of nitrogens with zero attached hydrogens (tertiary/aromatic N) is 1. The molecule has 0 radical (unpaired) electrons. The first-order chi connectivity index (χ1) is 16.6. The number of aryl methyl sites for hydroxylation is 1. The fourth-order valence-corrected chi connectivity index (χ4v) is 4.69. The maximum Gasteiger partial charge on any atom is 0.336 e. The number of para-hydroxylation sites is 1. The van der Waals surface area contributed by atoms with Crippen molar-refractivity contribution in [2.45, 2.75) is 32.3 Å². The summed E-state index contributed by atoms with van der Waals surface area (Å²) in [5, 5.41) is 11.7. The third kappa shape index (κ3) is 3.50. The Balaban J connectivity index is 1.57. The molecule has 0 spiro atoms. The first-order valence-corrected chi connectivity index (χ1v) is 11.5. The lowest BCUT2D eigenvalue weighted by molar-refractivity contribution is 0.0698. The topological polar surface area (TPSA) is 72.6 Å². The van der Waals surface area contributed by atoms with Gasteiger partial charge >= 0.3 is 5.97 Å². The molecule has 2 heterocycles. The second kappa shape index (κ2) is 8.03. The van der Waals surface area contributed by atoms with Crippen LogP contribution in [0, 0.1) is 6.92 Å². The van der Waals surface area contributed by atoms with Crippen molar-refractivity contribution < 1.29 is 19.1 Å². The van der Waals surface area contributed by atoms with Crippen molar-refractivity contribution in [1.29, 1.82) is 0 Å². The van der Waals surface area contributed by atoms with E-state index in [2.05, 4.69) is 0 Å². The summed E-state index contributed by atoms with van der Waals surface area (Å²) in [7, 11) is 0. The summed E-state index contributed by atoms with van der Waals surface area (Å²) in [6.07, 6.45) is 2.17. The second-order valence-electron chi connectivity index (χ2n) is 8.81. The Hall–Kier alpha value is -4.12. The van der Waals surface area contributed by atoms with Gasteiger partial charge in [-0.05, 0) is 55.0 Å². The van der Waals surface area contributed by atoms with Gasteiger partial charge in [-0.1, -0.05) is 54.6 Å². The SMILES string of the molecule is Cc1oc2ccccc2c1-c1cc(C(=O)O)c2c(OCc3ccccc3)ccc(C3CC3)c2n1. The van der Waals surface area contributed by atoms with Crippen molar-refractivity contribution in [2.75, 3.05) is 0 Å². The summed E-state index contributed by atoms with van der Waals surface area (Å²) in [6, 6.07) is 23.2. The van der Waals surface area contributed by atoms with Crippen LogP contribution in [0.1, 0.15) is 46.0 Å². The highest BCUT2D eigenvalue weighted by atomic mass is 16.5. The van der Waals surface area contributed by atoms with Crippen LogP contribution < -0.4 is 4.74 Å². The molecule has 0 saturated heterocycles. The first-order valence-electron chi connectivity index (χ1n) is 11.5. The van der Waals surface area contributed by atoms with Crippen molar-refractivity contribution in [3.8, 4) is 17.0 Å². The Labute approximate surface area is 196 Å². The van der Waals surface area contributed by atoms with Crippen LogP contribution >= 0.6 is 0 Å². The minimum absolute atomic E-state index is 0.190. The molecule has 5 nitrogen and oxygen atoms in total. The van der Waals surface area contributed by atoms with Gasteiger partial charge in [-0.2, -0.15) is 0 Å². The van der Waals surface area contributed by atoms with Gasteiger partial charge in [0.25, 0.3) is 0 Å². The highest BCUT2D eigenvalue weighted by molar-refractivity contribution is 6.08. The Morgan fingerprint density at radius 3 is 2.59 bits per heavy atom. The summed E-state index contributed by atoms with van der Waals surface area (Å²) >= 11 is 0. The number of aromatic nitrogens is 1. The number of aromatic carboxylic acids is 1. The lowest BCUT2D eigenvalue weighted by Gasteiger charge is -2.15. The third-order valence-electron chi connectivity index (χ3n) is 6.47. The maximum absolute atomic E-state index is 12.5. The molecule has 6 rings (SSSR count). The molecule has 0 bridgehead atoms. The van der Waals surface area contributed by atoms with Crippen LogP contribution in [-0.2, 0) is 6.61 Å².